The minimum Gasteiger partial charge on any atom is -0.481 e. The molecule has 0 bridgehead atoms. The molecule has 1 heterocycles. The molecule has 0 aliphatic heterocycles. The van der Waals surface area contributed by atoms with E-state index >= 15 is 0 Å². The van der Waals surface area contributed by atoms with E-state index in [1.54, 1.807) is 30.3 Å². The van der Waals surface area contributed by atoms with Crippen molar-refractivity contribution < 1.29 is 9.53 Å². The molecule has 0 aliphatic carbocycles. The minimum atomic E-state index is -0.406. The molecule has 0 fully saturated rings. The third-order valence-electron chi connectivity index (χ3n) is 4.36. The molecule has 1 unspecified atom stereocenters. The first-order valence-corrected chi connectivity index (χ1v) is 11.7. The topological polar surface area (TPSA) is 69.0 Å². The van der Waals surface area contributed by atoms with E-state index in [0.29, 0.717) is 44.9 Å². The van der Waals surface area contributed by atoms with Gasteiger partial charge in [-0.05, 0) is 43.7 Å². The molecule has 2 aromatic carbocycles. The molecule has 31 heavy (non-hydrogen) atoms. The summed E-state index contributed by atoms with van der Waals surface area (Å²) in [4.78, 5) is 12.2. The first-order valence-electron chi connectivity index (χ1n) is 9.56. The van der Waals surface area contributed by atoms with Gasteiger partial charge in [-0.25, -0.2) is 0 Å². The Morgan fingerprint density at radius 2 is 1.84 bits per heavy atom. The van der Waals surface area contributed by atoms with Crippen LogP contribution < -0.4 is 10.1 Å². The Labute approximate surface area is 200 Å². The van der Waals surface area contributed by atoms with Crippen molar-refractivity contribution >= 4 is 52.5 Å². The van der Waals surface area contributed by atoms with Crippen molar-refractivity contribution in [3.63, 3.8) is 0 Å². The molecule has 0 aliphatic rings. The summed E-state index contributed by atoms with van der Waals surface area (Å²) in [6.45, 7) is 4.92. The molecule has 3 rings (SSSR count). The number of hydrogen-bond donors (Lipinski definition) is 1. The van der Waals surface area contributed by atoms with Gasteiger partial charge >= 0.3 is 0 Å². The summed E-state index contributed by atoms with van der Waals surface area (Å²) < 4.78 is 7.87. The van der Waals surface area contributed by atoms with Gasteiger partial charge in [0.1, 0.15) is 5.75 Å². The fraction of sp³-hybridized carbons (Fsp3) is 0.286. The summed E-state index contributed by atoms with van der Waals surface area (Å²) in [5.74, 6) is 1.24. The van der Waals surface area contributed by atoms with Crippen LogP contribution in [0.1, 0.15) is 31.3 Å². The van der Waals surface area contributed by atoms with E-state index in [9.17, 15) is 4.79 Å². The second-order valence-electron chi connectivity index (χ2n) is 6.61. The van der Waals surface area contributed by atoms with E-state index < -0.39 is 6.10 Å². The fourth-order valence-corrected chi connectivity index (χ4v) is 4.09. The Hall–Kier alpha value is -1.93. The first-order chi connectivity index (χ1) is 14.9. The van der Waals surface area contributed by atoms with Gasteiger partial charge in [-0.3, -0.25) is 4.79 Å². The van der Waals surface area contributed by atoms with Gasteiger partial charge in [-0.2, -0.15) is 0 Å². The maximum absolute atomic E-state index is 12.2. The van der Waals surface area contributed by atoms with Crippen LogP contribution in [0.4, 0.5) is 0 Å². The molecule has 164 valence electrons. The third kappa shape index (κ3) is 6.53. The number of amides is 1. The van der Waals surface area contributed by atoms with E-state index in [1.807, 2.05) is 30.5 Å². The summed E-state index contributed by atoms with van der Waals surface area (Å²) in [6, 6.07) is 12.4. The normalized spacial score (nSPS) is 11.9. The molecule has 0 saturated heterocycles. The minimum absolute atomic E-state index is 0.0952. The van der Waals surface area contributed by atoms with Gasteiger partial charge in [0.05, 0.1) is 10.8 Å². The summed E-state index contributed by atoms with van der Waals surface area (Å²) in [6.07, 6.45) is -0.406. The molecule has 0 spiro atoms. The SMILES string of the molecule is CCn1c(SCC(=O)NCc2ccc(Cl)cc2)nnc1C(C)Oc1cc(Cl)ccc1Cl. The monoisotopic (exact) mass is 498 g/mol. The van der Waals surface area contributed by atoms with Crippen LogP contribution in [0.5, 0.6) is 5.75 Å². The van der Waals surface area contributed by atoms with Crippen LogP contribution in [0.2, 0.25) is 15.1 Å². The van der Waals surface area contributed by atoms with E-state index in [-0.39, 0.29) is 11.7 Å². The smallest absolute Gasteiger partial charge is 0.230 e. The van der Waals surface area contributed by atoms with Crippen LogP contribution in [-0.4, -0.2) is 26.4 Å². The highest BCUT2D eigenvalue weighted by atomic mass is 35.5. The highest BCUT2D eigenvalue weighted by Crippen LogP contribution is 2.32. The van der Waals surface area contributed by atoms with Crippen LogP contribution in [0, 0.1) is 0 Å². The zero-order chi connectivity index (χ0) is 22.4. The maximum Gasteiger partial charge on any atom is 0.230 e. The first kappa shape index (κ1) is 23.7. The highest BCUT2D eigenvalue weighted by Gasteiger charge is 2.20. The van der Waals surface area contributed by atoms with Gasteiger partial charge in [0, 0.05) is 29.2 Å². The molecule has 3 aromatic rings. The number of benzene rings is 2. The van der Waals surface area contributed by atoms with E-state index in [0.717, 1.165) is 5.56 Å². The standard InChI is InChI=1S/C21H21Cl3N4O2S/c1-3-28-20(13(2)30-18-10-16(23)8-9-17(18)24)26-27-21(28)31-12-19(29)25-11-14-4-6-15(22)7-5-14/h4-10,13H,3,11-12H2,1-2H3,(H,25,29). The van der Waals surface area contributed by atoms with Crippen molar-refractivity contribution in [2.45, 2.75) is 38.2 Å². The quantitative estimate of drug-likeness (QED) is 0.376. The number of carbonyl (C=O) groups excluding carboxylic acids is 1. The van der Waals surface area contributed by atoms with E-state index in [2.05, 4.69) is 15.5 Å². The lowest BCUT2D eigenvalue weighted by molar-refractivity contribution is -0.118. The van der Waals surface area contributed by atoms with E-state index in [1.165, 1.54) is 11.8 Å². The van der Waals surface area contributed by atoms with Crippen molar-refractivity contribution in [2.24, 2.45) is 0 Å². The Morgan fingerprint density at radius 3 is 2.55 bits per heavy atom. The summed E-state index contributed by atoms with van der Waals surface area (Å²) in [7, 11) is 0. The van der Waals surface area contributed by atoms with Crippen LogP contribution in [0.25, 0.3) is 0 Å². The molecule has 1 N–H and O–H groups in total. The van der Waals surface area contributed by atoms with Crippen LogP contribution >= 0.6 is 46.6 Å². The van der Waals surface area contributed by atoms with Gasteiger partial charge in [0.2, 0.25) is 5.91 Å². The van der Waals surface area contributed by atoms with Crippen molar-refractivity contribution in [3.8, 4) is 5.75 Å². The molecular formula is C21H21Cl3N4O2S. The fourth-order valence-electron chi connectivity index (χ4n) is 2.80. The largest absolute Gasteiger partial charge is 0.481 e. The summed E-state index contributed by atoms with van der Waals surface area (Å²) in [5.41, 5.74) is 0.979. The highest BCUT2D eigenvalue weighted by molar-refractivity contribution is 7.99. The lowest BCUT2D eigenvalue weighted by Crippen LogP contribution is -2.24. The molecule has 1 atom stereocenters. The average Bonchev–Trinajstić information content (AvgIpc) is 3.17. The van der Waals surface area contributed by atoms with Crippen molar-refractivity contribution in [1.29, 1.82) is 0 Å². The lowest BCUT2D eigenvalue weighted by atomic mass is 10.2. The Balaban J connectivity index is 1.59. The summed E-state index contributed by atoms with van der Waals surface area (Å²) >= 11 is 19.4. The number of rotatable bonds is 9. The van der Waals surface area contributed by atoms with Gasteiger partial charge in [-0.1, -0.05) is 58.7 Å². The number of thioether (sulfide) groups is 1. The predicted molar refractivity (Wildman–Crippen MR) is 125 cm³/mol. The second kappa shape index (κ2) is 11.1. The van der Waals surface area contributed by atoms with Crippen LogP contribution in [0.3, 0.4) is 0 Å². The van der Waals surface area contributed by atoms with Gasteiger partial charge in [0.25, 0.3) is 0 Å². The second-order valence-corrected chi connectivity index (χ2v) is 8.83. The van der Waals surface area contributed by atoms with Gasteiger partial charge < -0.3 is 14.6 Å². The number of nitrogens with one attached hydrogen (secondary N) is 1. The molecule has 6 nitrogen and oxygen atoms in total. The predicted octanol–water partition coefficient (Wildman–Crippen LogP) is 5.81. The molecule has 1 amide bonds. The van der Waals surface area contributed by atoms with Crippen molar-refractivity contribution in [3.05, 3.63) is 68.9 Å². The Morgan fingerprint density at radius 1 is 1.13 bits per heavy atom. The van der Waals surface area contributed by atoms with Gasteiger partial charge in [-0.15, -0.1) is 10.2 Å². The third-order valence-corrected chi connectivity index (χ3v) is 6.12. The van der Waals surface area contributed by atoms with Crippen LogP contribution in [0.15, 0.2) is 47.6 Å². The average molecular weight is 500 g/mol. The Kier molecular flexibility index (Phi) is 8.49. The molecular weight excluding hydrogens is 479 g/mol. The number of carbonyl (C=O) groups is 1. The van der Waals surface area contributed by atoms with Crippen LogP contribution in [-0.2, 0) is 17.9 Å². The molecule has 0 radical (unpaired) electrons. The lowest BCUT2D eigenvalue weighted by Gasteiger charge is -2.16. The zero-order valence-corrected chi connectivity index (χ0v) is 20.0. The van der Waals surface area contributed by atoms with Crippen molar-refractivity contribution in [2.75, 3.05) is 5.75 Å². The number of nitrogens with zero attached hydrogens (tertiary/aromatic N) is 3. The van der Waals surface area contributed by atoms with Crippen molar-refractivity contribution in [1.82, 2.24) is 20.1 Å². The van der Waals surface area contributed by atoms with E-state index in [4.69, 9.17) is 39.5 Å². The maximum atomic E-state index is 12.2. The number of aromatic nitrogens is 3. The number of halogens is 3. The summed E-state index contributed by atoms with van der Waals surface area (Å²) in [5, 5.41) is 13.7. The van der Waals surface area contributed by atoms with Gasteiger partial charge in [0.15, 0.2) is 17.1 Å². The molecule has 1 aromatic heterocycles. The zero-order valence-electron chi connectivity index (χ0n) is 16.9. The molecule has 0 saturated carbocycles. The number of hydrogen-bond acceptors (Lipinski definition) is 5. The number of ether oxygens (including phenoxy) is 1. The molecule has 10 heteroatoms. The Bertz CT molecular complexity index is 1040.